The molecule has 0 saturated carbocycles. The maximum Gasteiger partial charge on any atom is 0.121 e. The molecule has 166 valence electrons. The van der Waals surface area contributed by atoms with Gasteiger partial charge in [-0.1, -0.05) is 96.4 Å². The molecular weight excluding hydrogens is 352 g/mol. The van der Waals surface area contributed by atoms with Gasteiger partial charge in [0.15, 0.2) is 0 Å². The maximum absolute atomic E-state index is 9.91. The van der Waals surface area contributed by atoms with Gasteiger partial charge >= 0.3 is 0 Å². The average Bonchev–Trinajstić information content (AvgIpc) is 2.64. The summed E-state index contributed by atoms with van der Waals surface area (Å²) in [6.07, 6.45) is 15.6. The number of rotatable bonds is 14. The summed E-state index contributed by atoms with van der Waals surface area (Å²) in [7, 11) is 0. The van der Waals surface area contributed by atoms with Gasteiger partial charge in [-0.3, -0.25) is 0 Å². The Labute approximate surface area is 182 Å². The third-order valence-corrected chi connectivity index (χ3v) is 6.38. The molecule has 0 fully saturated rings. The summed E-state index contributed by atoms with van der Waals surface area (Å²) < 4.78 is 0. The van der Waals surface area contributed by atoms with E-state index in [1.165, 1.54) is 68.9 Å². The van der Waals surface area contributed by atoms with E-state index in [9.17, 15) is 5.11 Å². The molecule has 0 aliphatic carbocycles. The summed E-state index contributed by atoms with van der Waals surface area (Å²) in [6, 6.07) is 4.22. The van der Waals surface area contributed by atoms with Gasteiger partial charge in [0, 0.05) is 0 Å². The minimum Gasteiger partial charge on any atom is -0.507 e. The molecule has 1 aromatic rings. The molecule has 0 spiro atoms. The zero-order chi connectivity index (χ0) is 21.8. The number of phenols is 1. The number of hydrogen-bond donors (Lipinski definition) is 1. The molecular formula is C28H48O. The SMILES string of the molecule is CC(=CCc1cc(C)c(O)c(C)c1)CCCC(C)CCCC(C)CCCC(C)C. The fourth-order valence-electron chi connectivity index (χ4n) is 4.26. The Morgan fingerprint density at radius 2 is 1.31 bits per heavy atom. The number of allylic oxidation sites excluding steroid dienone is 2. The first kappa shape index (κ1) is 25.8. The van der Waals surface area contributed by atoms with Crippen molar-refractivity contribution in [1.29, 1.82) is 0 Å². The normalized spacial score (nSPS) is 14.4. The van der Waals surface area contributed by atoms with E-state index >= 15 is 0 Å². The lowest BCUT2D eigenvalue weighted by molar-refractivity contribution is 0.389. The predicted molar refractivity (Wildman–Crippen MR) is 130 cm³/mol. The van der Waals surface area contributed by atoms with E-state index in [0.29, 0.717) is 5.75 Å². The topological polar surface area (TPSA) is 20.2 Å². The van der Waals surface area contributed by atoms with Crippen molar-refractivity contribution in [2.45, 2.75) is 113 Å². The van der Waals surface area contributed by atoms with Crippen LogP contribution in [0.2, 0.25) is 0 Å². The standard InChI is InChI=1S/C28H48O/c1-21(2)11-8-12-22(3)13-9-14-23(4)15-10-16-24(5)17-18-27-19-25(6)28(29)26(7)20-27/h17,19-23,29H,8-16,18H2,1-7H3. The van der Waals surface area contributed by atoms with Crippen LogP contribution in [0.1, 0.15) is 109 Å². The minimum absolute atomic E-state index is 0.438. The number of aromatic hydroxyl groups is 1. The second-order valence-corrected chi connectivity index (χ2v) is 10.2. The molecule has 0 bridgehead atoms. The van der Waals surface area contributed by atoms with Gasteiger partial charge in [-0.2, -0.15) is 0 Å². The largest absolute Gasteiger partial charge is 0.507 e. The van der Waals surface area contributed by atoms with E-state index < -0.39 is 0 Å². The van der Waals surface area contributed by atoms with Gasteiger partial charge in [-0.25, -0.2) is 0 Å². The first-order valence-electron chi connectivity index (χ1n) is 12.1. The predicted octanol–water partition coefficient (Wildman–Crippen LogP) is 8.94. The van der Waals surface area contributed by atoms with Crippen LogP contribution in [0, 0.1) is 31.6 Å². The first-order valence-corrected chi connectivity index (χ1v) is 12.1. The van der Waals surface area contributed by atoms with E-state index in [1.807, 2.05) is 13.8 Å². The molecule has 2 unspecified atom stereocenters. The van der Waals surface area contributed by atoms with Gasteiger partial charge in [0.1, 0.15) is 5.75 Å². The Bertz CT molecular complexity index is 588. The third-order valence-electron chi connectivity index (χ3n) is 6.38. The molecule has 0 aliphatic heterocycles. The summed E-state index contributed by atoms with van der Waals surface area (Å²) in [5.41, 5.74) is 4.76. The van der Waals surface area contributed by atoms with Crippen LogP contribution in [0.5, 0.6) is 5.75 Å². The van der Waals surface area contributed by atoms with Crippen LogP contribution in [0.4, 0.5) is 0 Å². The van der Waals surface area contributed by atoms with Crippen molar-refractivity contribution in [3.05, 3.63) is 40.5 Å². The molecule has 0 aromatic heterocycles. The summed E-state index contributed by atoms with van der Waals surface area (Å²) in [5.74, 6) is 3.05. The Balaban J connectivity index is 2.19. The molecule has 0 amide bonds. The lowest BCUT2D eigenvalue weighted by Crippen LogP contribution is -2.00. The van der Waals surface area contributed by atoms with Gasteiger partial charge < -0.3 is 5.11 Å². The zero-order valence-electron chi connectivity index (χ0n) is 20.5. The Morgan fingerprint density at radius 3 is 1.83 bits per heavy atom. The van der Waals surface area contributed by atoms with Crippen LogP contribution in [0.3, 0.4) is 0 Å². The Hall–Kier alpha value is -1.24. The van der Waals surface area contributed by atoms with Gasteiger partial charge in [-0.05, 0) is 74.5 Å². The quantitative estimate of drug-likeness (QED) is 0.309. The van der Waals surface area contributed by atoms with E-state index in [0.717, 1.165) is 35.3 Å². The van der Waals surface area contributed by atoms with Crippen LogP contribution in [-0.2, 0) is 6.42 Å². The monoisotopic (exact) mass is 400 g/mol. The summed E-state index contributed by atoms with van der Waals surface area (Å²) in [6.45, 7) is 15.8. The van der Waals surface area contributed by atoms with Crippen LogP contribution in [0.25, 0.3) is 0 Å². The zero-order valence-corrected chi connectivity index (χ0v) is 20.5. The van der Waals surface area contributed by atoms with Gasteiger partial charge in [-0.15, -0.1) is 0 Å². The minimum atomic E-state index is 0.438. The van der Waals surface area contributed by atoms with E-state index in [-0.39, 0.29) is 0 Å². The smallest absolute Gasteiger partial charge is 0.121 e. The highest BCUT2D eigenvalue weighted by Crippen LogP contribution is 2.24. The highest BCUT2D eigenvalue weighted by molar-refractivity contribution is 5.42. The molecule has 1 rings (SSSR count). The van der Waals surface area contributed by atoms with Crippen molar-refractivity contribution >= 4 is 0 Å². The van der Waals surface area contributed by atoms with E-state index in [2.05, 4.69) is 52.8 Å². The second-order valence-electron chi connectivity index (χ2n) is 10.2. The third kappa shape index (κ3) is 11.5. The molecule has 0 radical (unpaired) electrons. The highest BCUT2D eigenvalue weighted by Gasteiger charge is 2.07. The van der Waals surface area contributed by atoms with Crippen molar-refractivity contribution in [2.24, 2.45) is 17.8 Å². The molecule has 1 aromatic carbocycles. The van der Waals surface area contributed by atoms with Crippen molar-refractivity contribution in [3.8, 4) is 5.75 Å². The van der Waals surface area contributed by atoms with Crippen LogP contribution < -0.4 is 0 Å². The van der Waals surface area contributed by atoms with Crippen molar-refractivity contribution in [2.75, 3.05) is 0 Å². The molecule has 0 aliphatic rings. The second kappa shape index (κ2) is 13.9. The lowest BCUT2D eigenvalue weighted by Gasteiger charge is -2.15. The molecule has 0 heterocycles. The molecule has 2 atom stereocenters. The molecule has 1 nitrogen and oxygen atoms in total. The highest BCUT2D eigenvalue weighted by atomic mass is 16.3. The molecule has 1 heteroatoms. The van der Waals surface area contributed by atoms with Crippen LogP contribution in [0.15, 0.2) is 23.8 Å². The van der Waals surface area contributed by atoms with Gasteiger partial charge in [0.2, 0.25) is 0 Å². The first-order chi connectivity index (χ1) is 13.7. The van der Waals surface area contributed by atoms with Gasteiger partial charge in [0.25, 0.3) is 0 Å². The summed E-state index contributed by atoms with van der Waals surface area (Å²) in [4.78, 5) is 0. The Morgan fingerprint density at radius 1 is 0.828 bits per heavy atom. The van der Waals surface area contributed by atoms with E-state index in [4.69, 9.17) is 0 Å². The fraction of sp³-hybridized carbons (Fsp3) is 0.714. The fourth-order valence-corrected chi connectivity index (χ4v) is 4.26. The average molecular weight is 401 g/mol. The van der Waals surface area contributed by atoms with Crippen molar-refractivity contribution in [1.82, 2.24) is 0 Å². The summed E-state index contributed by atoms with van der Waals surface area (Å²) >= 11 is 0. The maximum atomic E-state index is 9.91. The van der Waals surface area contributed by atoms with Crippen LogP contribution >= 0.6 is 0 Å². The number of benzene rings is 1. The van der Waals surface area contributed by atoms with Crippen LogP contribution in [-0.4, -0.2) is 5.11 Å². The number of aryl methyl sites for hydroxylation is 2. The molecule has 0 saturated heterocycles. The molecule has 29 heavy (non-hydrogen) atoms. The van der Waals surface area contributed by atoms with Crippen molar-refractivity contribution < 1.29 is 5.11 Å². The number of phenolic OH excluding ortho intramolecular Hbond substituents is 1. The van der Waals surface area contributed by atoms with Crippen molar-refractivity contribution in [3.63, 3.8) is 0 Å². The van der Waals surface area contributed by atoms with E-state index in [1.54, 1.807) is 0 Å². The Kier molecular flexibility index (Phi) is 12.4. The summed E-state index contributed by atoms with van der Waals surface area (Å²) in [5, 5.41) is 9.91. The molecule has 1 N–H and O–H groups in total. The lowest BCUT2D eigenvalue weighted by atomic mass is 9.91. The van der Waals surface area contributed by atoms with Gasteiger partial charge in [0.05, 0.1) is 0 Å². The number of hydrogen-bond acceptors (Lipinski definition) is 1.